The number of sulfonamides is 1. The van der Waals surface area contributed by atoms with E-state index >= 15 is 0 Å². The van der Waals surface area contributed by atoms with E-state index in [1.807, 2.05) is 38.1 Å². The lowest BCUT2D eigenvalue weighted by Crippen LogP contribution is -2.49. The Morgan fingerprint density at radius 3 is 2.54 bits per heavy atom. The van der Waals surface area contributed by atoms with Crippen molar-refractivity contribution in [3.63, 3.8) is 0 Å². The molecule has 2 rings (SSSR count). The molecule has 0 unspecified atom stereocenters. The van der Waals surface area contributed by atoms with Crippen molar-refractivity contribution in [2.24, 2.45) is 0 Å². The second-order valence-corrected chi connectivity index (χ2v) is 10.6. The van der Waals surface area contributed by atoms with Gasteiger partial charge in [0, 0.05) is 32.6 Å². The molecule has 1 aromatic heterocycles. The Morgan fingerprint density at radius 1 is 1.17 bits per heavy atom. The molecule has 35 heavy (non-hydrogen) atoms. The van der Waals surface area contributed by atoms with E-state index in [0.717, 1.165) is 16.9 Å². The van der Waals surface area contributed by atoms with E-state index in [1.165, 1.54) is 10.6 Å². The first-order valence-electron chi connectivity index (χ1n) is 12.1. The van der Waals surface area contributed by atoms with Gasteiger partial charge in [0.25, 0.3) is 0 Å². The van der Waals surface area contributed by atoms with Crippen LogP contribution in [-0.4, -0.2) is 68.4 Å². The van der Waals surface area contributed by atoms with Crippen LogP contribution in [0.5, 0.6) is 5.75 Å². The Balaban J connectivity index is 1.95. The van der Waals surface area contributed by atoms with Crippen LogP contribution in [0.4, 0.5) is 0 Å². The first-order chi connectivity index (χ1) is 16.8. The molecule has 0 saturated carbocycles. The summed E-state index contributed by atoms with van der Waals surface area (Å²) >= 11 is 0. The zero-order chi connectivity index (χ0) is 25.7. The zero-order valence-electron chi connectivity index (χ0n) is 20.9. The molecule has 0 bridgehead atoms. The molecule has 1 aromatic carbocycles. The van der Waals surface area contributed by atoms with Crippen molar-refractivity contribution < 1.29 is 27.5 Å². The van der Waals surface area contributed by atoms with Gasteiger partial charge in [-0.25, -0.2) is 12.7 Å². The van der Waals surface area contributed by atoms with Gasteiger partial charge in [0.15, 0.2) is 0 Å². The fourth-order valence-corrected chi connectivity index (χ4v) is 5.38. The van der Waals surface area contributed by atoms with Gasteiger partial charge in [0.1, 0.15) is 5.75 Å². The van der Waals surface area contributed by atoms with Crippen molar-refractivity contribution in [2.45, 2.75) is 58.2 Å². The summed E-state index contributed by atoms with van der Waals surface area (Å²) in [6, 6.07) is 8.78. The molecule has 0 aliphatic carbocycles. The fourth-order valence-electron chi connectivity index (χ4n) is 3.75. The molecule has 0 fully saturated rings. The minimum absolute atomic E-state index is 0.169. The number of hydrogen-bond acceptors (Lipinski definition) is 7. The highest BCUT2D eigenvalue weighted by Crippen LogP contribution is 2.13. The van der Waals surface area contributed by atoms with Gasteiger partial charge in [-0.1, -0.05) is 26.0 Å². The summed E-state index contributed by atoms with van der Waals surface area (Å²) in [5, 5.41) is 16.9. The maximum Gasteiger partial charge on any atom is 0.221 e. The van der Waals surface area contributed by atoms with Crippen LogP contribution in [0.3, 0.4) is 0 Å². The number of nitrogens with zero attached hydrogens (tertiary/aromatic N) is 1. The summed E-state index contributed by atoms with van der Waals surface area (Å²) in [5.74, 6) is 0.0738. The van der Waals surface area contributed by atoms with Gasteiger partial charge in [0.2, 0.25) is 15.9 Å². The van der Waals surface area contributed by atoms with Crippen LogP contribution in [0.2, 0.25) is 0 Å². The fraction of sp³-hybridized carbons (Fsp3) is 0.560. The van der Waals surface area contributed by atoms with Crippen molar-refractivity contribution in [3.8, 4) is 5.75 Å². The van der Waals surface area contributed by atoms with E-state index in [-0.39, 0.29) is 18.7 Å². The molecule has 0 radical (unpaired) electrons. The smallest absolute Gasteiger partial charge is 0.221 e. The lowest BCUT2D eigenvalue weighted by atomic mass is 10.0. The summed E-state index contributed by atoms with van der Waals surface area (Å²) in [7, 11) is -1.92. The topological polar surface area (TPSA) is 121 Å². The number of amides is 1. The summed E-state index contributed by atoms with van der Waals surface area (Å²) in [6.07, 6.45) is 3.82. The Kier molecular flexibility index (Phi) is 12.3. The van der Waals surface area contributed by atoms with E-state index in [0.29, 0.717) is 38.9 Å². The molecule has 0 saturated heterocycles. The molecular formula is C25H39N3O6S. The standard InChI is InChI=1S/C25H39N3O6S/c1-4-11-28(12-5-2)35(31,32)14-10-25(30)27-23(16-21-9-13-34-19-21)24(29)18-26-17-20-7-6-8-22(15-20)33-3/h6-9,13,15,19,23-24,26,29H,4-5,10-12,14,16-18H2,1-3H3,(H,27,30)/t23-,24+/m0/s1. The zero-order valence-corrected chi connectivity index (χ0v) is 21.7. The lowest BCUT2D eigenvalue weighted by molar-refractivity contribution is -0.122. The first-order valence-corrected chi connectivity index (χ1v) is 13.7. The van der Waals surface area contributed by atoms with Crippen LogP contribution in [0.25, 0.3) is 0 Å². The summed E-state index contributed by atoms with van der Waals surface area (Å²) in [5.41, 5.74) is 1.83. The van der Waals surface area contributed by atoms with Crippen LogP contribution in [0.1, 0.15) is 44.2 Å². The summed E-state index contributed by atoms with van der Waals surface area (Å²) in [4.78, 5) is 12.7. The molecule has 0 aliphatic heterocycles. The molecule has 3 N–H and O–H groups in total. The van der Waals surface area contributed by atoms with Crippen LogP contribution >= 0.6 is 0 Å². The largest absolute Gasteiger partial charge is 0.497 e. The van der Waals surface area contributed by atoms with Crippen molar-refractivity contribution in [2.75, 3.05) is 32.5 Å². The molecule has 196 valence electrons. The van der Waals surface area contributed by atoms with Gasteiger partial charge in [-0.05, 0) is 48.6 Å². The van der Waals surface area contributed by atoms with Crippen molar-refractivity contribution in [3.05, 3.63) is 54.0 Å². The van der Waals surface area contributed by atoms with Crippen molar-refractivity contribution >= 4 is 15.9 Å². The number of ether oxygens (including phenoxy) is 1. The molecule has 2 atom stereocenters. The summed E-state index contributed by atoms with van der Waals surface area (Å²) < 4.78 is 37.2. The Bertz CT molecular complexity index is 975. The molecule has 2 aromatic rings. The van der Waals surface area contributed by atoms with Crippen LogP contribution in [-0.2, 0) is 27.8 Å². The van der Waals surface area contributed by atoms with E-state index in [2.05, 4.69) is 10.6 Å². The maximum absolute atomic E-state index is 12.7. The first kappa shape index (κ1) is 28.8. The predicted octanol–water partition coefficient (Wildman–Crippen LogP) is 2.31. The normalized spacial score (nSPS) is 13.5. The molecule has 0 aliphatic rings. The molecule has 1 heterocycles. The average Bonchev–Trinajstić information content (AvgIpc) is 3.35. The number of aliphatic hydroxyl groups is 1. The van der Waals surface area contributed by atoms with Gasteiger partial charge >= 0.3 is 0 Å². The third-order valence-electron chi connectivity index (χ3n) is 5.59. The molecule has 9 nitrogen and oxygen atoms in total. The van der Waals surface area contributed by atoms with Crippen molar-refractivity contribution in [1.29, 1.82) is 0 Å². The molecule has 10 heteroatoms. The monoisotopic (exact) mass is 509 g/mol. The molecule has 1 amide bonds. The van der Waals surface area contributed by atoms with E-state index in [1.54, 1.807) is 19.4 Å². The van der Waals surface area contributed by atoms with Gasteiger partial charge in [-0.3, -0.25) is 4.79 Å². The third kappa shape index (κ3) is 10.0. The number of benzene rings is 1. The lowest BCUT2D eigenvalue weighted by Gasteiger charge is -2.25. The number of aliphatic hydroxyl groups excluding tert-OH is 1. The summed E-state index contributed by atoms with van der Waals surface area (Å²) in [6.45, 7) is 5.49. The second-order valence-electron chi connectivity index (χ2n) is 8.52. The van der Waals surface area contributed by atoms with Gasteiger partial charge in [0.05, 0.1) is 37.5 Å². The van der Waals surface area contributed by atoms with E-state index in [4.69, 9.17) is 9.15 Å². The van der Waals surface area contributed by atoms with Gasteiger partial charge in [-0.2, -0.15) is 0 Å². The Morgan fingerprint density at radius 2 is 1.91 bits per heavy atom. The minimum atomic E-state index is -3.53. The highest BCUT2D eigenvalue weighted by molar-refractivity contribution is 7.89. The SMILES string of the molecule is CCCN(CCC)S(=O)(=O)CCC(=O)N[C@@H](Cc1ccoc1)[C@H](O)CNCc1cccc(OC)c1. The minimum Gasteiger partial charge on any atom is -0.497 e. The van der Waals surface area contributed by atoms with Gasteiger partial charge in [-0.15, -0.1) is 0 Å². The number of carbonyl (C=O) groups is 1. The van der Waals surface area contributed by atoms with E-state index < -0.39 is 28.1 Å². The van der Waals surface area contributed by atoms with Crippen molar-refractivity contribution in [1.82, 2.24) is 14.9 Å². The number of hydrogen-bond donors (Lipinski definition) is 3. The van der Waals surface area contributed by atoms with Crippen LogP contribution in [0.15, 0.2) is 47.3 Å². The van der Waals surface area contributed by atoms with Crippen LogP contribution in [0, 0.1) is 0 Å². The Hall–Kier alpha value is -2.40. The number of furan rings is 1. The maximum atomic E-state index is 12.7. The quantitative estimate of drug-likeness (QED) is 0.299. The number of rotatable bonds is 17. The van der Waals surface area contributed by atoms with Gasteiger partial charge < -0.3 is 24.9 Å². The number of carbonyl (C=O) groups excluding carboxylic acids is 1. The van der Waals surface area contributed by atoms with E-state index in [9.17, 15) is 18.3 Å². The molecular weight excluding hydrogens is 470 g/mol. The molecule has 0 spiro atoms. The highest BCUT2D eigenvalue weighted by Gasteiger charge is 2.25. The highest BCUT2D eigenvalue weighted by atomic mass is 32.2. The average molecular weight is 510 g/mol. The second kappa shape index (κ2) is 14.9. The third-order valence-corrected chi connectivity index (χ3v) is 7.46. The van der Waals surface area contributed by atoms with Crippen LogP contribution < -0.4 is 15.4 Å². The predicted molar refractivity (Wildman–Crippen MR) is 136 cm³/mol. The Labute approximate surface area is 208 Å². The number of nitrogens with one attached hydrogen (secondary N) is 2. The number of methoxy groups -OCH3 is 1.